The van der Waals surface area contributed by atoms with E-state index in [-0.39, 0.29) is 18.2 Å². The monoisotopic (exact) mass is 240 g/mol. The Kier molecular flexibility index (Phi) is 2.49. The van der Waals surface area contributed by atoms with Crippen molar-refractivity contribution in [1.82, 2.24) is 0 Å². The lowest BCUT2D eigenvalue weighted by Crippen LogP contribution is -2.62. The molecule has 17 heavy (non-hydrogen) atoms. The smallest absolute Gasteiger partial charge is 0.317 e. The van der Waals surface area contributed by atoms with Crippen LogP contribution in [0.15, 0.2) is 0 Å². The number of esters is 1. The van der Waals surface area contributed by atoms with Gasteiger partial charge in [-0.05, 0) is 45.4 Å². The van der Waals surface area contributed by atoms with E-state index in [2.05, 4.69) is 0 Å². The second-order valence-corrected chi connectivity index (χ2v) is 5.61. The third-order valence-corrected chi connectivity index (χ3v) is 4.86. The van der Waals surface area contributed by atoms with Gasteiger partial charge in [0.25, 0.3) is 0 Å². The highest BCUT2D eigenvalue weighted by Crippen LogP contribution is 2.59. The zero-order valence-electron chi connectivity index (χ0n) is 10.3. The van der Waals surface area contributed by atoms with E-state index in [0.29, 0.717) is 25.9 Å². The lowest BCUT2D eigenvalue weighted by atomic mass is 9.55. The van der Waals surface area contributed by atoms with E-state index in [1.54, 1.807) is 0 Å². The van der Waals surface area contributed by atoms with Gasteiger partial charge in [0.15, 0.2) is 0 Å². The average Bonchev–Trinajstić information content (AvgIpc) is 2.86. The molecule has 0 aromatic rings. The van der Waals surface area contributed by atoms with Gasteiger partial charge in [-0.1, -0.05) is 0 Å². The number of aliphatic hydroxyl groups is 1. The third kappa shape index (κ3) is 1.34. The predicted octanol–water partition coefficient (Wildman–Crippen LogP) is 1.40. The Bertz CT molecular complexity index is 336. The molecule has 0 aromatic heterocycles. The quantitative estimate of drug-likeness (QED) is 0.758. The number of fused-ring (bicyclic) bond motifs is 2. The van der Waals surface area contributed by atoms with Crippen molar-refractivity contribution >= 4 is 5.97 Å². The summed E-state index contributed by atoms with van der Waals surface area (Å²) in [7, 11) is 0. The van der Waals surface area contributed by atoms with E-state index >= 15 is 0 Å². The summed E-state index contributed by atoms with van der Waals surface area (Å²) in [6, 6.07) is 0. The second-order valence-electron chi connectivity index (χ2n) is 5.61. The maximum atomic E-state index is 12.3. The van der Waals surface area contributed by atoms with Crippen molar-refractivity contribution in [2.24, 2.45) is 5.41 Å². The minimum absolute atomic E-state index is 0.128. The van der Waals surface area contributed by atoms with Gasteiger partial charge in [0.05, 0.1) is 24.4 Å². The second kappa shape index (κ2) is 3.69. The first-order chi connectivity index (χ1) is 8.12. The molecule has 4 heteroatoms. The Morgan fingerprint density at radius 1 is 1.47 bits per heavy atom. The van der Waals surface area contributed by atoms with E-state index in [0.717, 1.165) is 19.3 Å². The van der Waals surface area contributed by atoms with Crippen LogP contribution in [0.4, 0.5) is 0 Å². The van der Waals surface area contributed by atoms with Gasteiger partial charge in [0.2, 0.25) is 0 Å². The normalized spacial score (nSPS) is 42.2. The summed E-state index contributed by atoms with van der Waals surface area (Å²) < 4.78 is 11.0. The van der Waals surface area contributed by atoms with Gasteiger partial charge in [0, 0.05) is 0 Å². The number of carbonyl (C=O) groups excluding carboxylic acids is 1. The van der Waals surface area contributed by atoms with Gasteiger partial charge < -0.3 is 14.6 Å². The number of hydrogen-bond donors (Lipinski definition) is 1. The zero-order chi connectivity index (χ0) is 12.1. The summed E-state index contributed by atoms with van der Waals surface area (Å²) in [4.78, 5) is 12.3. The summed E-state index contributed by atoms with van der Waals surface area (Å²) in [5.41, 5.74) is -1.65. The van der Waals surface area contributed by atoms with Crippen molar-refractivity contribution in [3.63, 3.8) is 0 Å². The zero-order valence-corrected chi connectivity index (χ0v) is 10.3. The number of ether oxygens (including phenoxy) is 2. The predicted molar refractivity (Wildman–Crippen MR) is 60.4 cm³/mol. The fourth-order valence-electron chi connectivity index (χ4n) is 3.82. The van der Waals surface area contributed by atoms with Gasteiger partial charge in [-0.2, -0.15) is 0 Å². The highest BCUT2D eigenvalue weighted by atomic mass is 16.5. The first-order valence-corrected chi connectivity index (χ1v) is 6.67. The van der Waals surface area contributed by atoms with Gasteiger partial charge >= 0.3 is 5.97 Å². The lowest BCUT2D eigenvalue weighted by molar-refractivity contribution is -0.200. The van der Waals surface area contributed by atoms with Crippen molar-refractivity contribution in [1.29, 1.82) is 0 Å². The molecule has 2 aliphatic heterocycles. The summed E-state index contributed by atoms with van der Waals surface area (Å²) in [6.07, 6.45) is 4.97. The SMILES string of the molecule is CCOC(=O)C1(C2(O)CCC2)CC2CCC1O2. The summed E-state index contributed by atoms with van der Waals surface area (Å²) in [6.45, 7) is 2.18. The minimum Gasteiger partial charge on any atom is -0.465 e. The number of carbonyl (C=O) groups is 1. The first kappa shape index (κ1) is 11.5. The molecule has 0 amide bonds. The Morgan fingerprint density at radius 3 is 2.65 bits per heavy atom. The molecule has 1 saturated carbocycles. The van der Waals surface area contributed by atoms with E-state index in [1.807, 2.05) is 6.92 Å². The largest absolute Gasteiger partial charge is 0.465 e. The molecule has 0 radical (unpaired) electrons. The van der Waals surface area contributed by atoms with Crippen LogP contribution >= 0.6 is 0 Å². The van der Waals surface area contributed by atoms with Crippen molar-refractivity contribution in [2.75, 3.05) is 6.61 Å². The van der Waals surface area contributed by atoms with Gasteiger partial charge in [0.1, 0.15) is 5.41 Å². The molecule has 1 aliphatic carbocycles. The molecule has 3 aliphatic rings. The third-order valence-electron chi connectivity index (χ3n) is 4.86. The van der Waals surface area contributed by atoms with E-state index < -0.39 is 11.0 Å². The Labute approximate surface area is 101 Å². The molecule has 1 N–H and O–H groups in total. The highest BCUT2D eigenvalue weighted by Gasteiger charge is 2.69. The van der Waals surface area contributed by atoms with Crippen LogP contribution in [-0.4, -0.2) is 35.5 Å². The van der Waals surface area contributed by atoms with Crippen LogP contribution in [0.2, 0.25) is 0 Å². The lowest BCUT2D eigenvalue weighted by Gasteiger charge is -2.51. The first-order valence-electron chi connectivity index (χ1n) is 6.67. The maximum absolute atomic E-state index is 12.3. The van der Waals surface area contributed by atoms with Crippen LogP contribution in [0.3, 0.4) is 0 Å². The van der Waals surface area contributed by atoms with Gasteiger partial charge in [-0.25, -0.2) is 0 Å². The van der Waals surface area contributed by atoms with Crippen LogP contribution in [-0.2, 0) is 14.3 Å². The van der Waals surface area contributed by atoms with Gasteiger partial charge in [-0.15, -0.1) is 0 Å². The van der Waals surface area contributed by atoms with E-state index in [4.69, 9.17) is 9.47 Å². The number of hydrogen-bond acceptors (Lipinski definition) is 4. The molecule has 4 nitrogen and oxygen atoms in total. The van der Waals surface area contributed by atoms with Crippen LogP contribution in [0.5, 0.6) is 0 Å². The fraction of sp³-hybridized carbons (Fsp3) is 0.923. The molecule has 2 saturated heterocycles. The standard InChI is InChI=1S/C13H20O4/c1-2-16-11(14)13(12(15)6-3-7-12)8-9-4-5-10(13)17-9/h9-10,15H,2-8H2,1H3. The van der Waals surface area contributed by atoms with Crippen molar-refractivity contribution in [2.45, 2.75) is 63.3 Å². The van der Waals surface area contributed by atoms with E-state index in [1.165, 1.54) is 0 Å². The van der Waals surface area contributed by atoms with Crippen molar-refractivity contribution < 1.29 is 19.4 Å². The Morgan fingerprint density at radius 2 is 2.24 bits per heavy atom. The molecule has 2 bridgehead atoms. The van der Waals surface area contributed by atoms with Crippen LogP contribution < -0.4 is 0 Å². The average molecular weight is 240 g/mol. The molecule has 3 rings (SSSR count). The Balaban J connectivity index is 1.93. The van der Waals surface area contributed by atoms with E-state index in [9.17, 15) is 9.90 Å². The summed E-state index contributed by atoms with van der Waals surface area (Å²) in [5.74, 6) is -0.241. The molecule has 96 valence electrons. The number of rotatable bonds is 3. The molecule has 0 aromatic carbocycles. The Hall–Kier alpha value is -0.610. The van der Waals surface area contributed by atoms with Crippen molar-refractivity contribution in [3.8, 4) is 0 Å². The topological polar surface area (TPSA) is 55.8 Å². The maximum Gasteiger partial charge on any atom is 0.317 e. The molecule has 0 spiro atoms. The molecular weight excluding hydrogens is 220 g/mol. The highest BCUT2D eigenvalue weighted by molar-refractivity contribution is 5.80. The summed E-state index contributed by atoms with van der Waals surface area (Å²) in [5, 5.41) is 10.7. The molecule has 2 heterocycles. The van der Waals surface area contributed by atoms with Crippen LogP contribution in [0.25, 0.3) is 0 Å². The van der Waals surface area contributed by atoms with Gasteiger partial charge in [-0.3, -0.25) is 4.79 Å². The fourth-order valence-corrected chi connectivity index (χ4v) is 3.82. The molecule has 3 fully saturated rings. The molecule has 3 atom stereocenters. The molecule has 3 unspecified atom stereocenters. The minimum atomic E-state index is -0.876. The van der Waals surface area contributed by atoms with Crippen molar-refractivity contribution in [3.05, 3.63) is 0 Å². The van der Waals surface area contributed by atoms with Crippen LogP contribution in [0.1, 0.15) is 45.4 Å². The molecular formula is C13H20O4. The summed E-state index contributed by atoms with van der Waals surface area (Å²) >= 11 is 0. The van der Waals surface area contributed by atoms with Crippen LogP contribution in [0, 0.1) is 5.41 Å².